The molecule has 0 atom stereocenters. The van der Waals surface area contributed by atoms with Gasteiger partial charge in [-0.3, -0.25) is 9.48 Å². The van der Waals surface area contributed by atoms with Gasteiger partial charge < -0.3 is 5.32 Å². The van der Waals surface area contributed by atoms with Crippen LogP contribution < -0.4 is 5.32 Å². The van der Waals surface area contributed by atoms with Crippen LogP contribution in [0.4, 0.5) is 0 Å². The molecule has 0 bridgehead atoms. The van der Waals surface area contributed by atoms with Crippen molar-refractivity contribution in [3.8, 4) is 0 Å². The van der Waals surface area contributed by atoms with Crippen molar-refractivity contribution in [3.63, 3.8) is 0 Å². The molecule has 2 heterocycles. The molecular formula is C19H20N4O. The van der Waals surface area contributed by atoms with Crippen molar-refractivity contribution in [1.29, 1.82) is 0 Å². The molecule has 1 aliphatic carbocycles. The van der Waals surface area contributed by atoms with Gasteiger partial charge in [0.05, 0.1) is 11.3 Å². The number of nitrogens with one attached hydrogen (secondary N) is 1. The number of carbonyl (C=O) groups is 1. The first-order chi connectivity index (χ1) is 11.6. The molecule has 0 saturated heterocycles. The van der Waals surface area contributed by atoms with E-state index >= 15 is 0 Å². The maximum absolute atomic E-state index is 12.4. The molecule has 1 aromatic carbocycles. The van der Waals surface area contributed by atoms with Crippen molar-refractivity contribution in [2.24, 2.45) is 7.05 Å². The largest absolute Gasteiger partial charge is 0.348 e. The van der Waals surface area contributed by atoms with E-state index in [4.69, 9.17) is 0 Å². The molecule has 3 aromatic rings. The second-order valence-electron chi connectivity index (χ2n) is 6.44. The van der Waals surface area contributed by atoms with Crippen molar-refractivity contribution in [1.82, 2.24) is 20.1 Å². The van der Waals surface area contributed by atoms with Crippen LogP contribution in [0.5, 0.6) is 0 Å². The Kier molecular flexibility index (Phi) is 3.56. The lowest BCUT2D eigenvalue weighted by atomic mass is 10.1. The van der Waals surface area contributed by atoms with E-state index < -0.39 is 0 Å². The first-order valence-corrected chi connectivity index (χ1v) is 8.30. The molecule has 5 nitrogen and oxygen atoms in total. The van der Waals surface area contributed by atoms with E-state index in [9.17, 15) is 4.79 Å². The van der Waals surface area contributed by atoms with E-state index in [1.54, 1.807) is 10.9 Å². The predicted molar refractivity (Wildman–Crippen MR) is 92.9 cm³/mol. The number of carbonyl (C=O) groups excluding carboxylic acids is 1. The molecule has 0 saturated carbocycles. The van der Waals surface area contributed by atoms with Gasteiger partial charge >= 0.3 is 0 Å². The van der Waals surface area contributed by atoms with Crippen molar-refractivity contribution >= 4 is 16.9 Å². The number of pyridine rings is 1. The average molecular weight is 320 g/mol. The Morgan fingerprint density at radius 1 is 1.25 bits per heavy atom. The lowest BCUT2D eigenvalue weighted by Crippen LogP contribution is -2.23. The number of hydrogen-bond acceptors (Lipinski definition) is 3. The van der Waals surface area contributed by atoms with Crippen molar-refractivity contribution in [2.45, 2.75) is 32.7 Å². The number of nitrogens with zero attached hydrogens (tertiary/aromatic N) is 3. The Hall–Kier alpha value is -2.69. The zero-order valence-corrected chi connectivity index (χ0v) is 14.0. The van der Waals surface area contributed by atoms with Crippen LogP contribution in [0.25, 0.3) is 11.0 Å². The summed E-state index contributed by atoms with van der Waals surface area (Å²) in [5, 5.41) is 8.25. The molecule has 2 aromatic heterocycles. The number of amides is 1. The third-order valence-electron chi connectivity index (χ3n) is 4.74. The molecule has 1 N–H and O–H groups in total. The number of fused-ring (bicyclic) bond motifs is 2. The van der Waals surface area contributed by atoms with Gasteiger partial charge in [0.25, 0.3) is 5.91 Å². The molecule has 5 heteroatoms. The number of aromatic nitrogens is 3. The lowest BCUT2D eigenvalue weighted by Gasteiger charge is -2.07. The maximum atomic E-state index is 12.4. The summed E-state index contributed by atoms with van der Waals surface area (Å²) in [6.45, 7) is 2.46. The van der Waals surface area contributed by atoms with Crippen LogP contribution in [-0.2, 0) is 26.4 Å². The van der Waals surface area contributed by atoms with E-state index in [1.165, 1.54) is 24.0 Å². The van der Waals surface area contributed by atoms with Crippen LogP contribution in [0.1, 0.15) is 39.2 Å². The average Bonchev–Trinajstić information content (AvgIpc) is 3.16. The summed E-state index contributed by atoms with van der Waals surface area (Å²) in [5.41, 5.74) is 6.27. The van der Waals surface area contributed by atoms with Crippen LogP contribution in [0.15, 0.2) is 30.5 Å². The minimum absolute atomic E-state index is 0.104. The Morgan fingerprint density at radius 3 is 2.96 bits per heavy atom. The molecule has 0 aliphatic heterocycles. The van der Waals surface area contributed by atoms with E-state index in [-0.39, 0.29) is 5.91 Å². The molecule has 0 unspecified atom stereocenters. The van der Waals surface area contributed by atoms with Gasteiger partial charge in [-0.2, -0.15) is 5.10 Å². The zero-order chi connectivity index (χ0) is 16.7. The van der Waals surface area contributed by atoms with Crippen molar-refractivity contribution < 1.29 is 4.79 Å². The molecule has 0 radical (unpaired) electrons. The Balaban J connectivity index is 1.51. The van der Waals surface area contributed by atoms with E-state index in [0.717, 1.165) is 28.7 Å². The van der Waals surface area contributed by atoms with Gasteiger partial charge in [-0.15, -0.1) is 0 Å². The van der Waals surface area contributed by atoms with Gasteiger partial charge in [-0.25, -0.2) is 4.98 Å². The molecule has 1 amide bonds. The Labute approximate surface area is 140 Å². The van der Waals surface area contributed by atoms with E-state index in [2.05, 4.69) is 33.6 Å². The molecule has 122 valence electrons. The smallest absolute Gasteiger partial charge is 0.253 e. The molecule has 24 heavy (non-hydrogen) atoms. The van der Waals surface area contributed by atoms with Crippen LogP contribution in [0.2, 0.25) is 0 Å². The fourth-order valence-corrected chi connectivity index (χ4v) is 3.45. The minimum Gasteiger partial charge on any atom is -0.348 e. The second-order valence-corrected chi connectivity index (χ2v) is 6.44. The monoisotopic (exact) mass is 320 g/mol. The molecule has 1 aliphatic rings. The SMILES string of the molecule is Cc1nn(C)c2ncc(C(=O)NCc3ccc4c(c3)CCC4)cc12. The summed E-state index contributed by atoms with van der Waals surface area (Å²) >= 11 is 0. The highest BCUT2D eigenvalue weighted by Gasteiger charge is 2.13. The summed E-state index contributed by atoms with van der Waals surface area (Å²) in [4.78, 5) is 16.8. The number of rotatable bonds is 3. The summed E-state index contributed by atoms with van der Waals surface area (Å²) < 4.78 is 1.73. The van der Waals surface area contributed by atoms with Crippen molar-refractivity contribution in [3.05, 3.63) is 58.4 Å². The van der Waals surface area contributed by atoms with Crippen LogP contribution in [0, 0.1) is 6.92 Å². The highest BCUT2D eigenvalue weighted by molar-refractivity contribution is 5.97. The Bertz CT molecular complexity index is 942. The first-order valence-electron chi connectivity index (χ1n) is 8.30. The lowest BCUT2D eigenvalue weighted by molar-refractivity contribution is 0.0950. The zero-order valence-electron chi connectivity index (χ0n) is 14.0. The van der Waals surface area contributed by atoms with Gasteiger partial charge in [0.1, 0.15) is 0 Å². The van der Waals surface area contributed by atoms with Crippen LogP contribution >= 0.6 is 0 Å². The number of aryl methyl sites for hydroxylation is 4. The summed E-state index contributed by atoms with van der Waals surface area (Å²) in [7, 11) is 1.86. The molecule has 4 rings (SSSR count). The predicted octanol–water partition coefficient (Wildman–Crippen LogP) is 2.70. The highest BCUT2D eigenvalue weighted by Crippen LogP contribution is 2.23. The normalized spacial score (nSPS) is 13.2. The Morgan fingerprint density at radius 2 is 2.08 bits per heavy atom. The third kappa shape index (κ3) is 2.56. The second kappa shape index (κ2) is 5.74. The molecular weight excluding hydrogens is 300 g/mol. The standard InChI is InChI=1S/C19H20N4O/c1-12-17-9-16(11-20-18(17)23(2)22-12)19(24)21-10-13-6-7-14-4-3-5-15(14)8-13/h6-9,11H,3-5,10H2,1-2H3,(H,21,24). The molecule has 0 fully saturated rings. The van der Waals surface area contributed by atoms with Crippen LogP contribution in [-0.4, -0.2) is 20.7 Å². The fraction of sp³-hybridized carbons (Fsp3) is 0.316. The van der Waals surface area contributed by atoms with Gasteiger partial charge in [0.2, 0.25) is 0 Å². The van der Waals surface area contributed by atoms with Gasteiger partial charge in [-0.05, 0) is 48.9 Å². The van der Waals surface area contributed by atoms with Gasteiger partial charge in [-0.1, -0.05) is 18.2 Å². The summed E-state index contributed by atoms with van der Waals surface area (Å²) in [5.74, 6) is -0.104. The van der Waals surface area contributed by atoms with E-state index in [0.29, 0.717) is 12.1 Å². The fourth-order valence-electron chi connectivity index (χ4n) is 3.45. The summed E-state index contributed by atoms with van der Waals surface area (Å²) in [6, 6.07) is 8.38. The quantitative estimate of drug-likeness (QED) is 0.807. The topological polar surface area (TPSA) is 59.8 Å². The molecule has 0 spiro atoms. The van der Waals surface area contributed by atoms with E-state index in [1.807, 2.05) is 20.0 Å². The van der Waals surface area contributed by atoms with Crippen molar-refractivity contribution in [2.75, 3.05) is 0 Å². The minimum atomic E-state index is -0.104. The van der Waals surface area contributed by atoms with Gasteiger partial charge in [0.15, 0.2) is 5.65 Å². The maximum Gasteiger partial charge on any atom is 0.253 e. The summed E-state index contributed by atoms with van der Waals surface area (Å²) in [6.07, 6.45) is 5.18. The van der Waals surface area contributed by atoms with Crippen LogP contribution in [0.3, 0.4) is 0 Å². The van der Waals surface area contributed by atoms with Gasteiger partial charge in [0, 0.05) is 25.2 Å². The highest BCUT2D eigenvalue weighted by atomic mass is 16.1. The number of benzene rings is 1. The first kappa shape index (κ1) is 14.9. The number of hydrogen-bond donors (Lipinski definition) is 1. The third-order valence-corrected chi connectivity index (χ3v) is 4.74.